The van der Waals surface area contributed by atoms with E-state index in [2.05, 4.69) is 45.1 Å². The van der Waals surface area contributed by atoms with Crippen molar-refractivity contribution in [1.29, 1.82) is 0 Å². The van der Waals surface area contributed by atoms with Gasteiger partial charge in [0.1, 0.15) is 6.33 Å². The largest absolute Gasteiger partial charge is 0.467 e. The molecular formula is C19H18BrN3O2. The molecule has 0 radical (unpaired) electrons. The molecule has 1 N–H and O–H groups in total. The van der Waals surface area contributed by atoms with E-state index in [1.54, 1.807) is 0 Å². The predicted octanol–water partition coefficient (Wildman–Crippen LogP) is 4.53. The van der Waals surface area contributed by atoms with E-state index in [1.165, 1.54) is 6.33 Å². The molecule has 0 aliphatic carbocycles. The molecule has 0 bridgehead atoms. The fourth-order valence-electron chi connectivity index (χ4n) is 2.55. The lowest BCUT2D eigenvalue weighted by atomic mass is 10.0. The summed E-state index contributed by atoms with van der Waals surface area (Å²) in [5.41, 5.74) is 2.66. The topological polar surface area (TPSA) is 64.1 Å². The van der Waals surface area contributed by atoms with Crippen LogP contribution in [0.2, 0.25) is 0 Å². The van der Waals surface area contributed by atoms with Gasteiger partial charge in [-0.05, 0) is 35.7 Å². The van der Waals surface area contributed by atoms with Gasteiger partial charge in [-0.3, -0.25) is 4.79 Å². The van der Waals surface area contributed by atoms with Crippen molar-refractivity contribution in [2.75, 3.05) is 11.9 Å². The number of amides is 1. The smallest absolute Gasteiger partial charge is 0.262 e. The molecule has 0 aliphatic heterocycles. The molecular weight excluding hydrogens is 382 g/mol. The zero-order chi connectivity index (χ0) is 17.8. The van der Waals surface area contributed by atoms with E-state index >= 15 is 0 Å². The fourth-order valence-corrected chi connectivity index (χ4v) is 2.92. The minimum absolute atomic E-state index is 0.120. The minimum atomic E-state index is -0.227. The highest BCUT2D eigenvalue weighted by Crippen LogP contribution is 2.25. The first-order chi connectivity index (χ1) is 12.0. The van der Waals surface area contributed by atoms with Crippen LogP contribution in [0.3, 0.4) is 0 Å². The van der Waals surface area contributed by atoms with E-state index < -0.39 is 0 Å². The normalized spacial score (nSPS) is 10.9. The monoisotopic (exact) mass is 399 g/mol. The molecule has 6 heteroatoms. The molecule has 0 unspecified atom stereocenters. The Bertz CT molecular complexity index is 912. The van der Waals surface area contributed by atoms with Crippen LogP contribution in [-0.4, -0.2) is 22.5 Å². The van der Waals surface area contributed by atoms with Gasteiger partial charge in [-0.1, -0.05) is 48.0 Å². The average molecular weight is 400 g/mol. The number of nitrogens with zero attached hydrogens (tertiary/aromatic N) is 2. The van der Waals surface area contributed by atoms with Gasteiger partial charge in [0.15, 0.2) is 6.61 Å². The molecule has 25 heavy (non-hydrogen) atoms. The molecule has 0 spiro atoms. The van der Waals surface area contributed by atoms with Crippen LogP contribution in [0.1, 0.15) is 25.3 Å². The molecule has 0 aliphatic rings. The Morgan fingerprint density at radius 3 is 2.80 bits per heavy atom. The van der Waals surface area contributed by atoms with Crippen molar-refractivity contribution in [2.24, 2.45) is 0 Å². The number of hydrogen-bond acceptors (Lipinski definition) is 4. The van der Waals surface area contributed by atoms with E-state index in [0.717, 1.165) is 26.6 Å². The number of anilines is 1. The SMILES string of the molecule is CC(C)c1ccccc1NC(=O)COc1ncnc2ccc(Br)cc12. The van der Waals surface area contributed by atoms with Crippen LogP contribution in [0.15, 0.2) is 53.3 Å². The van der Waals surface area contributed by atoms with E-state index in [4.69, 9.17) is 4.74 Å². The molecule has 3 aromatic rings. The summed E-state index contributed by atoms with van der Waals surface area (Å²) < 4.78 is 6.52. The number of rotatable bonds is 5. The third-order valence-corrected chi connectivity index (χ3v) is 4.25. The van der Waals surface area contributed by atoms with Crippen LogP contribution in [-0.2, 0) is 4.79 Å². The van der Waals surface area contributed by atoms with E-state index in [1.807, 2.05) is 42.5 Å². The van der Waals surface area contributed by atoms with E-state index in [9.17, 15) is 4.79 Å². The lowest BCUT2D eigenvalue weighted by molar-refractivity contribution is -0.118. The predicted molar refractivity (Wildman–Crippen MR) is 102 cm³/mol. The summed E-state index contributed by atoms with van der Waals surface area (Å²) in [5.74, 6) is 0.481. The number of carbonyl (C=O) groups is 1. The zero-order valence-electron chi connectivity index (χ0n) is 14.0. The van der Waals surface area contributed by atoms with Crippen molar-refractivity contribution < 1.29 is 9.53 Å². The van der Waals surface area contributed by atoms with Crippen molar-refractivity contribution in [3.63, 3.8) is 0 Å². The third kappa shape index (κ3) is 4.14. The third-order valence-electron chi connectivity index (χ3n) is 3.76. The summed E-state index contributed by atoms with van der Waals surface area (Å²) in [7, 11) is 0. The van der Waals surface area contributed by atoms with Gasteiger partial charge in [0.2, 0.25) is 5.88 Å². The molecule has 1 aromatic heterocycles. The van der Waals surface area contributed by atoms with E-state index in [-0.39, 0.29) is 12.5 Å². The van der Waals surface area contributed by atoms with Gasteiger partial charge in [-0.2, -0.15) is 0 Å². The summed E-state index contributed by atoms with van der Waals surface area (Å²) in [4.78, 5) is 20.6. The lowest BCUT2D eigenvalue weighted by Gasteiger charge is -2.14. The van der Waals surface area contributed by atoms with Gasteiger partial charge in [-0.25, -0.2) is 9.97 Å². The van der Waals surface area contributed by atoms with Crippen LogP contribution < -0.4 is 10.1 Å². The number of hydrogen-bond donors (Lipinski definition) is 1. The molecule has 5 nitrogen and oxygen atoms in total. The van der Waals surface area contributed by atoms with Crippen molar-refractivity contribution in [2.45, 2.75) is 19.8 Å². The molecule has 128 valence electrons. The first-order valence-corrected chi connectivity index (χ1v) is 8.75. The number of fused-ring (bicyclic) bond motifs is 1. The molecule has 2 aromatic carbocycles. The van der Waals surface area contributed by atoms with Crippen LogP contribution in [0.4, 0.5) is 5.69 Å². The number of benzene rings is 2. The second-order valence-corrected chi connectivity index (χ2v) is 6.83. The molecule has 1 heterocycles. The maximum Gasteiger partial charge on any atom is 0.262 e. The summed E-state index contributed by atoms with van der Waals surface area (Å²) in [6, 6.07) is 13.4. The van der Waals surface area contributed by atoms with Crippen molar-refractivity contribution in [3.05, 3.63) is 58.8 Å². The maximum absolute atomic E-state index is 12.3. The van der Waals surface area contributed by atoms with Gasteiger partial charge in [0.05, 0.1) is 10.9 Å². The number of aromatic nitrogens is 2. The van der Waals surface area contributed by atoms with Crippen LogP contribution in [0.25, 0.3) is 10.9 Å². The Morgan fingerprint density at radius 1 is 1.20 bits per heavy atom. The van der Waals surface area contributed by atoms with Gasteiger partial charge >= 0.3 is 0 Å². The Kier molecular flexibility index (Phi) is 5.28. The number of carbonyl (C=O) groups excluding carboxylic acids is 1. The Morgan fingerprint density at radius 2 is 2.00 bits per heavy atom. The first-order valence-electron chi connectivity index (χ1n) is 7.96. The van der Waals surface area contributed by atoms with Gasteiger partial charge in [-0.15, -0.1) is 0 Å². The van der Waals surface area contributed by atoms with E-state index in [0.29, 0.717) is 11.8 Å². The van der Waals surface area contributed by atoms with Gasteiger partial charge < -0.3 is 10.1 Å². The van der Waals surface area contributed by atoms with Crippen molar-refractivity contribution >= 4 is 38.4 Å². The Hall–Kier alpha value is -2.47. The highest BCUT2D eigenvalue weighted by Gasteiger charge is 2.11. The van der Waals surface area contributed by atoms with Crippen LogP contribution in [0.5, 0.6) is 5.88 Å². The van der Waals surface area contributed by atoms with Crippen LogP contribution >= 0.6 is 15.9 Å². The zero-order valence-corrected chi connectivity index (χ0v) is 15.6. The molecule has 0 saturated heterocycles. The van der Waals surface area contributed by atoms with Crippen LogP contribution in [0, 0.1) is 0 Å². The molecule has 1 amide bonds. The summed E-state index contributed by atoms with van der Waals surface area (Å²) >= 11 is 3.42. The molecule has 0 saturated carbocycles. The second kappa shape index (κ2) is 7.61. The number of para-hydroxylation sites is 1. The highest BCUT2D eigenvalue weighted by molar-refractivity contribution is 9.10. The summed E-state index contributed by atoms with van der Waals surface area (Å²) in [5, 5.41) is 3.66. The number of nitrogens with one attached hydrogen (secondary N) is 1. The number of halogens is 1. The Labute approximate surface area is 154 Å². The maximum atomic E-state index is 12.3. The highest BCUT2D eigenvalue weighted by atomic mass is 79.9. The average Bonchev–Trinajstić information content (AvgIpc) is 2.60. The van der Waals surface area contributed by atoms with Gasteiger partial charge in [0, 0.05) is 10.2 Å². The summed E-state index contributed by atoms with van der Waals surface area (Å²) in [6.07, 6.45) is 1.43. The molecule has 0 fully saturated rings. The molecule has 3 rings (SSSR count). The standard InChI is InChI=1S/C19H18BrN3O2/c1-12(2)14-5-3-4-6-17(14)23-18(24)10-25-19-15-9-13(20)7-8-16(15)21-11-22-19/h3-9,11-12H,10H2,1-2H3,(H,23,24). The Balaban J connectivity index is 1.72. The van der Waals surface area contributed by atoms with Gasteiger partial charge in [0.25, 0.3) is 5.91 Å². The second-order valence-electron chi connectivity index (χ2n) is 5.92. The number of ether oxygens (including phenoxy) is 1. The first kappa shape index (κ1) is 17.4. The van der Waals surface area contributed by atoms with Crippen molar-refractivity contribution in [3.8, 4) is 5.88 Å². The fraction of sp³-hybridized carbons (Fsp3) is 0.211. The quantitative estimate of drug-likeness (QED) is 0.684. The van der Waals surface area contributed by atoms with Crippen molar-refractivity contribution in [1.82, 2.24) is 9.97 Å². The minimum Gasteiger partial charge on any atom is -0.467 e. The molecule has 0 atom stereocenters. The summed E-state index contributed by atoms with van der Waals surface area (Å²) in [6.45, 7) is 4.06. The lowest BCUT2D eigenvalue weighted by Crippen LogP contribution is -2.21.